The topological polar surface area (TPSA) is 28.7 Å². The van der Waals surface area contributed by atoms with E-state index in [1.807, 2.05) is 12.3 Å². The predicted octanol–water partition coefficient (Wildman–Crippen LogP) is 3.32. The number of fused-ring (bicyclic) bond motifs is 1. The second kappa shape index (κ2) is 3.85. The summed E-state index contributed by atoms with van der Waals surface area (Å²) in [7, 11) is 0. The van der Waals surface area contributed by atoms with Crippen LogP contribution >= 0.6 is 15.9 Å². The lowest BCUT2D eigenvalue weighted by Gasteiger charge is -2.01. The number of hydrogen-bond acceptors (Lipinski definition) is 1. The van der Waals surface area contributed by atoms with E-state index in [4.69, 9.17) is 5.26 Å². The molecule has 2 aromatic rings. The van der Waals surface area contributed by atoms with Gasteiger partial charge in [0.05, 0.1) is 12.5 Å². The van der Waals surface area contributed by atoms with Gasteiger partial charge in [-0.25, -0.2) is 0 Å². The summed E-state index contributed by atoms with van der Waals surface area (Å²) >= 11 is 3.43. The number of halogens is 1. The van der Waals surface area contributed by atoms with Crippen molar-refractivity contribution >= 4 is 26.8 Å². The normalized spacial score (nSPS) is 10.3. The molecule has 70 valence electrons. The minimum Gasteiger partial charge on any atom is -0.346 e. The summed E-state index contributed by atoms with van der Waals surface area (Å²) in [6.07, 6.45) is 2.58. The van der Waals surface area contributed by atoms with Crippen LogP contribution in [-0.2, 0) is 6.54 Å². The van der Waals surface area contributed by atoms with E-state index in [1.165, 1.54) is 10.9 Å². The number of aryl methyl sites for hydroxylation is 1. The average molecular weight is 249 g/mol. The molecule has 3 heteroatoms. The first-order valence-electron chi connectivity index (χ1n) is 4.42. The minimum absolute atomic E-state index is 0.555. The third kappa shape index (κ3) is 1.66. The Labute approximate surface area is 90.9 Å². The van der Waals surface area contributed by atoms with E-state index in [2.05, 4.69) is 44.8 Å². The van der Waals surface area contributed by atoms with Gasteiger partial charge in [-0.3, -0.25) is 0 Å². The molecule has 0 unspecified atom stereocenters. The largest absolute Gasteiger partial charge is 0.346 e. The summed E-state index contributed by atoms with van der Waals surface area (Å²) in [4.78, 5) is 0. The van der Waals surface area contributed by atoms with Crippen LogP contribution in [0.15, 0.2) is 34.9 Å². The predicted molar refractivity (Wildman–Crippen MR) is 59.9 cm³/mol. The van der Waals surface area contributed by atoms with Crippen molar-refractivity contribution in [3.05, 3.63) is 34.9 Å². The molecular weight excluding hydrogens is 240 g/mol. The van der Waals surface area contributed by atoms with Gasteiger partial charge in [0.1, 0.15) is 0 Å². The Bertz CT molecular complexity index is 493. The first kappa shape index (κ1) is 9.29. The SMILES string of the molecule is N#CCCn1ccc2cc(Br)ccc21. The third-order valence-corrected chi connectivity index (χ3v) is 2.69. The molecule has 0 N–H and O–H groups in total. The van der Waals surface area contributed by atoms with Gasteiger partial charge in [0.2, 0.25) is 0 Å². The quantitative estimate of drug-likeness (QED) is 0.802. The molecule has 2 nitrogen and oxygen atoms in total. The maximum Gasteiger partial charge on any atom is 0.0640 e. The van der Waals surface area contributed by atoms with Crippen molar-refractivity contribution in [2.24, 2.45) is 0 Å². The summed E-state index contributed by atoms with van der Waals surface area (Å²) in [6.45, 7) is 0.766. The molecule has 14 heavy (non-hydrogen) atoms. The number of hydrogen-bond donors (Lipinski definition) is 0. The smallest absolute Gasteiger partial charge is 0.0640 e. The molecule has 0 fully saturated rings. The standard InChI is InChI=1S/C11H9BrN2/c12-10-2-3-11-9(8-10)4-7-14(11)6-1-5-13/h2-4,7-8H,1,6H2. The second-order valence-corrected chi connectivity index (χ2v) is 4.04. The second-order valence-electron chi connectivity index (χ2n) is 3.12. The fourth-order valence-electron chi connectivity index (χ4n) is 1.54. The number of rotatable bonds is 2. The molecule has 0 spiro atoms. The monoisotopic (exact) mass is 248 g/mol. The Morgan fingerprint density at radius 2 is 2.21 bits per heavy atom. The van der Waals surface area contributed by atoms with E-state index in [-0.39, 0.29) is 0 Å². The van der Waals surface area contributed by atoms with E-state index in [9.17, 15) is 0 Å². The van der Waals surface area contributed by atoms with E-state index in [0.717, 1.165) is 11.0 Å². The highest BCUT2D eigenvalue weighted by atomic mass is 79.9. The van der Waals surface area contributed by atoms with Crippen molar-refractivity contribution in [2.45, 2.75) is 13.0 Å². The van der Waals surface area contributed by atoms with Crippen LogP contribution in [0, 0.1) is 11.3 Å². The van der Waals surface area contributed by atoms with Crippen molar-refractivity contribution in [3.63, 3.8) is 0 Å². The van der Waals surface area contributed by atoms with Gasteiger partial charge in [0, 0.05) is 28.1 Å². The lowest BCUT2D eigenvalue weighted by molar-refractivity contribution is 0.744. The summed E-state index contributed by atoms with van der Waals surface area (Å²) in [6, 6.07) is 10.4. The van der Waals surface area contributed by atoms with Crippen LogP contribution in [-0.4, -0.2) is 4.57 Å². The molecule has 0 radical (unpaired) electrons. The number of benzene rings is 1. The van der Waals surface area contributed by atoms with Crippen molar-refractivity contribution in [2.75, 3.05) is 0 Å². The van der Waals surface area contributed by atoms with Gasteiger partial charge >= 0.3 is 0 Å². The van der Waals surface area contributed by atoms with Gasteiger partial charge in [0.15, 0.2) is 0 Å². The van der Waals surface area contributed by atoms with Gasteiger partial charge in [-0.1, -0.05) is 15.9 Å². The molecule has 1 aromatic heterocycles. The number of nitriles is 1. The van der Waals surface area contributed by atoms with E-state index < -0.39 is 0 Å². The fraction of sp³-hybridized carbons (Fsp3) is 0.182. The summed E-state index contributed by atoms with van der Waals surface area (Å²) in [5, 5.41) is 9.72. The van der Waals surface area contributed by atoms with E-state index in [0.29, 0.717) is 6.42 Å². The molecule has 2 rings (SSSR count). The van der Waals surface area contributed by atoms with Gasteiger partial charge in [0.25, 0.3) is 0 Å². The summed E-state index contributed by atoms with van der Waals surface area (Å²) in [5.41, 5.74) is 1.18. The van der Waals surface area contributed by atoms with Crippen LogP contribution in [0.3, 0.4) is 0 Å². The summed E-state index contributed by atoms with van der Waals surface area (Å²) < 4.78 is 3.19. The Morgan fingerprint density at radius 1 is 1.36 bits per heavy atom. The van der Waals surface area contributed by atoms with Crippen LogP contribution in [0.25, 0.3) is 10.9 Å². The zero-order chi connectivity index (χ0) is 9.97. The first-order chi connectivity index (χ1) is 6.81. The Morgan fingerprint density at radius 3 is 3.00 bits per heavy atom. The van der Waals surface area contributed by atoms with Gasteiger partial charge < -0.3 is 4.57 Å². The van der Waals surface area contributed by atoms with Crippen LogP contribution in [0.5, 0.6) is 0 Å². The molecule has 0 aliphatic carbocycles. The fourth-order valence-corrected chi connectivity index (χ4v) is 1.92. The molecule has 1 aromatic carbocycles. The van der Waals surface area contributed by atoms with Gasteiger partial charge in [-0.05, 0) is 24.3 Å². The molecule has 0 aliphatic heterocycles. The van der Waals surface area contributed by atoms with Crippen LogP contribution in [0.1, 0.15) is 6.42 Å². The Balaban J connectivity index is 2.43. The third-order valence-electron chi connectivity index (χ3n) is 2.20. The molecule has 0 saturated carbocycles. The van der Waals surface area contributed by atoms with Crippen molar-refractivity contribution in [1.29, 1.82) is 5.26 Å². The van der Waals surface area contributed by atoms with Gasteiger partial charge in [-0.15, -0.1) is 0 Å². The highest BCUT2D eigenvalue weighted by Crippen LogP contribution is 2.20. The Hall–Kier alpha value is -1.27. The molecule has 0 saturated heterocycles. The van der Waals surface area contributed by atoms with Crippen LogP contribution < -0.4 is 0 Å². The maximum atomic E-state index is 8.51. The highest BCUT2D eigenvalue weighted by molar-refractivity contribution is 9.10. The molecule has 0 aliphatic rings. The molecular formula is C11H9BrN2. The lowest BCUT2D eigenvalue weighted by atomic mass is 10.2. The van der Waals surface area contributed by atoms with E-state index in [1.54, 1.807) is 0 Å². The zero-order valence-corrected chi connectivity index (χ0v) is 9.16. The maximum absolute atomic E-state index is 8.51. The average Bonchev–Trinajstić information content (AvgIpc) is 2.57. The number of nitrogens with zero attached hydrogens (tertiary/aromatic N) is 2. The lowest BCUT2D eigenvalue weighted by Crippen LogP contribution is -1.93. The molecule has 1 heterocycles. The van der Waals surface area contributed by atoms with Crippen LogP contribution in [0.2, 0.25) is 0 Å². The van der Waals surface area contributed by atoms with Gasteiger partial charge in [-0.2, -0.15) is 5.26 Å². The Kier molecular flexibility index (Phi) is 2.55. The van der Waals surface area contributed by atoms with Crippen molar-refractivity contribution in [1.82, 2.24) is 4.57 Å². The molecule has 0 atom stereocenters. The zero-order valence-electron chi connectivity index (χ0n) is 7.57. The van der Waals surface area contributed by atoms with E-state index >= 15 is 0 Å². The minimum atomic E-state index is 0.555. The van der Waals surface area contributed by atoms with Crippen molar-refractivity contribution in [3.8, 4) is 6.07 Å². The number of aromatic nitrogens is 1. The first-order valence-corrected chi connectivity index (χ1v) is 5.22. The highest BCUT2D eigenvalue weighted by Gasteiger charge is 2.00. The molecule has 0 bridgehead atoms. The summed E-state index contributed by atoms with van der Waals surface area (Å²) in [5.74, 6) is 0. The van der Waals surface area contributed by atoms with Crippen molar-refractivity contribution < 1.29 is 0 Å². The van der Waals surface area contributed by atoms with Crippen LogP contribution in [0.4, 0.5) is 0 Å². The molecule has 0 amide bonds.